The highest BCUT2D eigenvalue weighted by molar-refractivity contribution is 7.88. The molecule has 2 aliphatic carbocycles. The fourth-order valence-corrected chi connectivity index (χ4v) is 5.31. The number of methoxy groups -OCH3 is 1. The lowest BCUT2D eigenvalue weighted by Gasteiger charge is -2.20. The van der Waals surface area contributed by atoms with Gasteiger partial charge < -0.3 is 10.1 Å². The molecular formula is C21H24F2N4O4S. The van der Waals surface area contributed by atoms with Crippen LogP contribution < -0.4 is 19.5 Å². The van der Waals surface area contributed by atoms with Crippen LogP contribution in [0.2, 0.25) is 0 Å². The molecule has 0 aliphatic heterocycles. The molecule has 0 atom stereocenters. The Labute approximate surface area is 184 Å². The second-order valence-electron chi connectivity index (χ2n) is 8.14. The lowest BCUT2D eigenvalue weighted by Crippen LogP contribution is -2.50. The fraction of sp³-hybridized carbons (Fsp3) is 0.429. The SMILES string of the molecule is COc1cc(-c2c(C)cc3c(c2NC(=O)NS(=O)(=O)NC2(C(F)F)CC2)CCC3)ccn1. The van der Waals surface area contributed by atoms with Gasteiger partial charge in [-0.05, 0) is 67.3 Å². The molecule has 0 saturated heterocycles. The van der Waals surface area contributed by atoms with E-state index in [2.05, 4.69) is 16.4 Å². The molecule has 3 N–H and O–H groups in total. The number of hydrogen-bond acceptors (Lipinski definition) is 5. The number of pyridine rings is 1. The number of benzene rings is 1. The van der Waals surface area contributed by atoms with E-state index in [1.807, 2.05) is 16.4 Å². The minimum Gasteiger partial charge on any atom is -0.481 e. The van der Waals surface area contributed by atoms with Gasteiger partial charge in [0, 0.05) is 17.8 Å². The third kappa shape index (κ3) is 4.40. The second-order valence-corrected chi connectivity index (χ2v) is 9.56. The number of amides is 2. The average molecular weight is 467 g/mol. The highest BCUT2D eigenvalue weighted by Gasteiger charge is 2.54. The van der Waals surface area contributed by atoms with Crippen molar-refractivity contribution in [1.29, 1.82) is 0 Å². The monoisotopic (exact) mass is 466 g/mol. The number of ether oxygens (including phenoxy) is 1. The maximum absolute atomic E-state index is 13.1. The zero-order valence-corrected chi connectivity index (χ0v) is 18.5. The molecule has 11 heteroatoms. The van der Waals surface area contributed by atoms with Crippen LogP contribution >= 0.6 is 0 Å². The number of alkyl halides is 2. The Hall–Kier alpha value is -2.79. The van der Waals surface area contributed by atoms with Crippen molar-refractivity contribution in [2.45, 2.75) is 51.0 Å². The van der Waals surface area contributed by atoms with E-state index in [0.29, 0.717) is 11.6 Å². The van der Waals surface area contributed by atoms with Crippen molar-refractivity contribution in [3.63, 3.8) is 0 Å². The van der Waals surface area contributed by atoms with Crippen LogP contribution in [0.3, 0.4) is 0 Å². The van der Waals surface area contributed by atoms with Crippen molar-refractivity contribution in [3.05, 3.63) is 41.1 Å². The number of rotatable bonds is 7. The molecule has 4 rings (SSSR count). The van der Waals surface area contributed by atoms with Crippen molar-refractivity contribution >= 4 is 21.9 Å². The Morgan fingerprint density at radius 2 is 2.00 bits per heavy atom. The van der Waals surface area contributed by atoms with Crippen LogP contribution in [0.15, 0.2) is 24.4 Å². The molecule has 2 amide bonds. The first-order valence-electron chi connectivity index (χ1n) is 10.2. The predicted octanol–water partition coefficient (Wildman–Crippen LogP) is 3.31. The zero-order chi connectivity index (χ0) is 23.1. The number of fused-ring (bicyclic) bond motifs is 1. The Balaban J connectivity index is 1.65. The van der Waals surface area contributed by atoms with Gasteiger partial charge in [0.1, 0.15) is 0 Å². The number of nitrogens with zero attached hydrogens (tertiary/aromatic N) is 1. The molecule has 0 unspecified atom stereocenters. The Morgan fingerprint density at radius 3 is 2.66 bits per heavy atom. The number of aromatic nitrogens is 1. The third-order valence-electron chi connectivity index (χ3n) is 5.84. The van der Waals surface area contributed by atoms with E-state index in [4.69, 9.17) is 4.74 Å². The van der Waals surface area contributed by atoms with Crippen LogP contribution in [0, 0.1) is 6.92 Å². The number of hydrogen-bond donors (Lipinski definition) is 3. The molecule has 0 spiro atoms. The first kappa shape index (κ1) is 22.4. The fourth-order valence-electron chi connectivity index (χ4n) is 4.13. The molecule has 0 bridgehead atoms. The maximum atomic E-state index is 13.1. The summed E-state index contributed by atoms with van der Waals surface area (Å²) in [6, 6.07) is 4.54. The molecule has 1 fully saturated rings. The summed E-state index contributed by atoms with van der Waals surface area (Å²) in [5.41, 5.74) is 3.06. The summed E-state index contributed by atoms with van der Waals surface area (Å²) in [5, 5.41) is 2.66. The molecule has 8 nitrogen and oxygen atoms in total. The summed E-state index contributed by atoms with van der Waals surface area (Å²) in [6.07, 6.45) is 1.25. The second kappa shape index (κ2) is 8.28. The quantitative estimate of drug-likeness (QED) is 0.580. The number of halogens is 2. The highest BCUT2D eigenvalue weighted by atomic mass is 32.2. The molecule has 1 heterocycles. The van der Waals surface area contributed by atoms with Gasteiger partial charge >= 0.3 is 16.2 Å². The van der Waals surface area contributed by atoms with Crippen molar-refractivity contribution in [1.82, 2.24) is 14.4 Å². The summed E-state index contributed by atoms with van der Waals surface area (Å²) in [5.74, 6) is 0.395. The van der Waals surface area contributed by atoms with Gasteiger partial charge in [-0.1, -0.05) is 6.07 Å². The number of anilines is 1. The van der Waals surface area contributed by atoms with Gasteiger partial charge in [0.15, 0.2) is 0 Å². The van der Waals surface area contributed by atoms with E-state index in [0.717, 1.165) is 47.1 Å². The lowest BCUT2D eigenvalue weighted by atomic mass is 9.93. The summed E-state index contributed by atoms with van der Waals surface area (Å²) in [4.78, 5) is 16.8. The van der Waals surface area contributed by atoms with Crippen molar-refractivity contribution in [2.75, 3.05) is 12.4 Å². The molecular weight excluding hydrogens is 442 g/mol. The van der Waals surface area contributed by atoms with Crippen LogP contribution in [-0.2, 0) is 23.1 Å². The summed E-state index contributed by atoms with van der Waals surface area (Å²) in [6.45, 7) is 1.90. The minimum absolute atomic E-state index is 0.0204. The molecule has 172 valence electrons. The Kier molecular flexibility index (Phi) is 5.80. The largest absolute Gasteiger partial charge is 0.481 e. The number of urea groups is 1. The minimum atomic E-state index is -4.48. The van der Waals surface area contributed by atoms with Gasteiger partial charge in [0.25, 0.3) is 6.43 Å². The third-order valence-corrected chi connectivity index (χ3v) is 6.97. The smallest absolute Gasteiger partial charge is 0.333 e. The molecule has 2 aliphatic rings. The van der Waals surface area contributed by atoms with Gasteiger partial charge in [-0.15, -0.1) is 0 Å². The standard InChI is InChI=1S/C21H24F2N4O4S/c1-12-10-13-4-3-5-15(13)18(17(12)14-6-9-24-16(11-14)31-2)25-20(28)26-32(29,30)27-21(7-8-21)19(22)23/h6,9-11,19,27H,3-5,7-8H2,1-2H3,(H2,25,26,28). The first-order valence-corrected chi connectivity index (χ1v) is 11.7. The molecule has 1 saturated carbocycles. The van der Waals surface area contributed by atoms with Crippen LogP contribution in [0.25, 0.3) is 11.1 Å². The number of carbonyl (C=O) groups is 1. The van der Waals surface area contributed by atoms with Gasteiger partial charge in [-0.25, -0.2) is 23.3 Å². The Bertz CT molecular complexity index is 1170. The average Bonchev–Trinajstić information content (AvgIpc) is 3.34. The van der Waals surface area contributed by atoms with E-state index in [-0.39, 0.29) is 12.8 Å². The van der Waals surface area contributed by atoms with Crippen LogP contribution in [0.5, 0.6) is 5.88 Å². The van der Waals surface area contributed by atoms with Crippen LogP contribution in [0.4, 0.5) is 19.3 Å². The van der Waals surface area contributed by atoms with E-state index in [1.54, 1.807) is 18.3 Å². The summed E-state index contributed by atoms with van der Waals surface area (Å²) >= 11 is 0. The molecule has 32 heavy (non-hydrogen) atoms. The van der Waals surface area contributed by atoms with Crippen LogP contribution in [-0.4, -0.2) is 38.5 Å². The summed E-state index contributed by atoms with van der Waals surface area (Å²) in [7, 11) is -2.98. The van der Waals surface area contributed by atoms with Crippen molar-refractivity contribution in [2.24, 2.45) is 0 Å². The van der Waals surface area contributed by atoms with Gasteiger partial charge in [-0.2, -0.15) is 13.1 Å². The van der Waals surface area contributed by atoms with E-state index in [1.165, 1.54) is 7.11 Å². The first-order chi connectivity index (χ1) is 15.1. The predicted molar refractivity (Wildman–Crippen MR) is 115 cm³/mol. The van der Waals surface area contributed by atoms with Gasteiger partial charge in [-0.3, -0.25) is 0 Å². The summed E-state index contributed by atoms with van der Waals surface area (Å²) < 4.78 is 59.7. The van der Waals surface area contributed by atoms with Gasteiger partial charge in [0.2, 0.25) is 5.88 Å². The number of carbonyl (C=O) groups excluding carboxylic acids is 1. The van der Waals surface area contributed by atoms with Crippen molar-refractivity contribution < 1.29 is 26.7 Å². The molecule has 2 aromatic rings. The molecule has 1 aromatic carbocycles. The van der Waals surface area contributed by atoms with Crippen LogP contribution in [0.1, 0.15) is 36.0 Å². The normalized spacial score (nSPS) is 16.5. The van der Waals surface area contributed by atoms with E-state index >= 15 is 0 Å². The zero-order valence-electron chi connectivity index (χ0n) is 17.7. The van der Waals surface area contributed by atoms with E-state index in [9.17, 15) is 22.0 Å². The highest BCUT2D eigenvalue weighted by Crippen LogP contribution is 2.42. The topological polar surface area (TPSA) is 109 Å². The molecule has 1 aromatic heterocycles. The lowest BCUT2D eigenvalue weighted by molar-refractivity contribution is 0.0968. The van der Waals surface area contributed by atoms with Crippen molar-refractivity contribution in [3.8, 4) is 17.0 Å². The van der Waals surface area contributed by atoms with E-state index < -0.39 is 28.2 Å². The van der Waals surface area contributed by atoms with Gasteiger partial charge in [0.05, 0.1) is 18.3 Å². The number of aryl methyl sites for hydroxylation is 2. The Morgan fingerprint density at radius 1 is 1.25 bits per heavy atom. The maximum Gasteiger partial charge on any atom is 0.333 e. The molecule has 0 radical (unpaired) electrons. The number of nitrogens with one attached hydrogen (secondary N) is 3.